The zero-order valence-corrected chi connectivity index (χ0v) is 5.81. The van der Waals surface area contributed by atoms with E-state index >= 15 is 0 Å². The second-order valence-electron chi connectivity index (χ2n) is 1.89. The van der Waals surface area contributed by atoms with Crippen LogP contribution in [-0.4, -0.2) is 12.8 Å². The Labute approximate surface area is 51.1 Å². The second kappa shape index (κ2) is 4.57. The molecule has 0 N–H and O–H groups in total. The SMILES string of the molecule is CC/N=C/C=C(C)C. The molecule has 0 amide bonds. The van der Waals surface area contributed by atoms with Crippen molar-refractivity contribution in [1.29, 1.82) is 0 Å². The van der Waals surface area contributed by atoms with Crippen molar-refractivity contribution in [2.24, 2.45) is 4.99 Å². The van der Waals surface area contributed by atoms with E-state index in [2.05, 4.69) is 18.8 Å². The Balaban J connectivity index is 3.42. The van der Waals surface area contributed by atoms with Crippen LogP contribution in [0.3, 0.4) is 0 Å². The van der Waals surface area contributed by atoms with Crippen molar-refractivity contribution in [3.8, 4) is 0 Å². The highest BCUT2D eigenvalue weighted by molar-refractivity contribution is 5.71. The number of hydrogen-bond donors (Lipinski definition) is 0. The predicted molar refractivity (Wildman–Crippen MR) is 38.5 cm³/mol. The van der Waals surface area contributed by atoms with E-state index in [0.717, 1.165) is 6.54 Å². The van der Waals surface area contributed by atoms with Gasteiger partial charge in [-0.25, -0.2) is 0 Å². The molecule has 46 valence electrons. The highest BCUT2D eigenvalue weighted by Crippen LogP contribution is 1.83. The maximum atomic E-state index is 4.01. The summed E-state index contributed by atoms with van der Waals surface area (Å²) in [4.78, 5) is 4.01. The fraction of sp³-hybridized carbons (Fsp3) is 0.571. The van der Waals surface area contributed by atoms with Crippen LogP contribution in [0, 0.1) is 0 Å². The van der Waals surface area contributed by atoms with Crippen LogP contribution >= 0.6 is 0 Å². The molecule has 0 aliphatic rings. The van der Waals surface area contributed by atoms with Gasteiger partial charge >= 0.3 is 0 Å². The zero-order chi connectivity index (χ0) is 6.41. The van der Waals surface area contributed by atoms with E-state index < -0.39 is 0 Å². The van der Waals surface area contributed by atoms with Crippen molar-refractivity contribution in [3.63, 3.8) is 0 Å². The summed E-state index contributed by atoms with van der Waals surface area (Å²) < 4.78 is 0. The summed E-state index contributed by atoms with van der Waals surface area (Å²) in [6, 6.07) is 0. The Bertz CT molecular complexity index is 97.0. The largest absolute Gasteiger partial charge is 0.293 e. The Morgan fingerprint density at radius 2 is 2.12 bits per heavy atom. The average Bonchev–Trinajstić information content (AvgIpc) is 1.66. The minimum absolute atomic E-state index is 0.879. The number of nitrogens with zero attached hydrogens (tertiary/aromatic N) is 1. The molecule has 0 atom stereocenters. The van der Waals surface area contributed by atoms with E-state index in [9.17, 15) is 0 Å². The lowest BCUT2D eigenvalue weighted by molar-refractivity contribution is 1.14. The third kappa shape index (κ3) is 5.41. The highest BCUT2D eigenvalue weighted by Gasteiger charge is 1.68. The van der Waals surface area contributed by atoms with Gasteiger partial charge in [-0.3, -0.25) is 4.99 Å². The summed E-state index contributed by atoms with van der Waals surface area (Å²) in [5.74, 6) is 0. The van der Waals surface area contributed by atoms with E-state index in [1.807, 2.05) is 19.2 Å². The lowest BCUT2D eigenvalue weighted by atomic mass is 10.3. The summed E-state index contributed by atoms with van der Waals surface area (Å²) in [7, 11) is 0. The third-order valence-corrected chi connectivity index (χ3v) is 0.696. The van der Waals surface area contributed by atoms with E-state index in [1.54, 1.807) is 0 Å². The molecule has 8 heavy (non-hydrogen) atoms. The lowest BCUT2D eigenvalue weighted by Crippen LogP contribution is -1.70. The van der Waals surface area contributed by atoms with Crippen molar-refractivity contribution < 1.29 is 0 Å². The summed E-state index contributed by atoms with van der Waals surface area (Å²) in [5, 5.41) is 0. The van der Waals surface area contributed by atoms with Crippen LogP contribution < -0.4 is 0 Å². The Morgan fingerprint density at radius 1 is 1.50 bits per heavy atom. The molecule has 0 spiro atoms. The molecule has 0 aromatic rings. The Hall–Kier alpha value is -0.590. The van der Waals surface area contributed by atoms with E-state index in [-0.39, 0.29) is 0 Å². The summed E-state index contributed by atoms with van der Waals surface area (Å²) >= 11 is 0. The molecule has 0 aromatic heterocycles. The zero-order valence-electron chi connectivity index (χ0n) is 5.81. The van der Waals surface area contributed by atoms with E-state index in [1.165, 1.54) is 5.57 Å². The first-order valence-corrected chi connectivity index (χ1v) is 2.90. The van der Waals surface area contributed by atoms with Gasteiger partial charge in [0.15, 0.2) is 0 Å². The van der Waals surface area contributed by atoms with Gasteiger partial charge in [-0.2, -0.15) is 0 Å². The number of aliphatic imine (C=N–C) groups is 1. The van der Waals surface area contributed by atoms with Crippen LogP contribution in [-0.2, 0) is 0 Å². The lowest BCUT2D eigenvalue weighted by Gasteiger charge is -1.80. The summed E-state index contributed by atoms with van der Waals surface area (Å²) in [6.45, 7) is 7.02. The van der Waals surface area contributed by atoms with Crippen LogP contribution in [0.4, 0.5) is 0 Å². The maximum Gasteiger partial charge on any atom is 0.0360 e. The van der Waals surface area contributed by atoms with Crippen LogP contribution in [0.5, 0.6) is 0 Å². The van der Waals surface area contributed by atoms with Gasteiger partial charge in [-0.15, -0.1) is 0 Å². The third-order valence-electron chi connectivity index (χ3n) is 0.696. The molecule has 0 unspecified atom stereocenters. The molecule has 0 saturated carbocycles. The smallest absolute Gasteiger partial charge is 0.0360 e. The van der Waals surface area contributed by atoms with Crippen LogP contribution in [0.25, 0.3) is 0 Å². The minimum Gasteiger partial charge on any atom is -0.293 e. The first kappa shape index (κ1) is 7.41. The molecule has 1 nitrogen and oxygen atoms in total. The molecule has 0 radical (unpaired) electrons. The topological polar surface area (TPSA) is 12.4 Å². The van der Waals surface area contributed by atoms with Crippen molar-refractivity contribution >= 4 is 6.21 Å². The quantitative estimate of drug-likeness (QED) is 0.483. The average molecular weight is 111 g/mol. The monoisotopic (exact) mass is 111 g/mol. The molecule has 0 aliphatic carbocycles. The van der Waals surface area contributed by atoms with Gasteiger partial charge < -0.3 is 0 Å². The van der Waals surface area contributed by atoms with Gasteiger partial charge in [0.25, 0.3) is 0 Å². The molecular weight excluding hydrogens is 98.1 g/mol. The van der Waals surface area contributed by atoms with Crippen molar-refractivity contribution in [3.05, 3.63) is 11.6 Å². The van der Waals surface area contributed by atoms with Gasteiger partial charge in [0.1, 0.15) is 0 Å². The van der Waals surface area contributed by atoms with Gasteiger partial charge in [-0.05, 0) is 26.8 Å². The maximum absolute atomic E-state index is 4.01. The van der Waals surface area contributed by atoms with Crippen LogP contribution in [0.2, 0.25) is 0 Å². The summed E-state index contributed by atoms with van der Waals surface area (Å²) in [6.07, 6.45) is 3.85. The van der Waals surface area contributed by atoms with Gasteiger partial charge in [-0.1, -0.05) is 5.57 Å². The fourth-order valence-electron chi connectivity index (χ4n) is 0.307. The van der Waals surface area contributed by atoms with E-state index in [0.29, 0.717) is 0 Å². The standard InChI is InChI=1S/C7H13N/c1-4-8-6-5-7(2)3/h5-6H,4H2,1-3H3/b8-6+. The van der Waals surface area contributed by atoms with Crippen molar-refractivity contribution in [2.75, 3.05) is 6.54 Å². The van der Waals surface area contributed by atoms with Crippen LogP contribution in [0.1, 0.15) is 20.8 Å². The molecular formula is C7H13N. The Morgan fingerprint density at radius 3 is 2.50 bits per heavy atom. The molecule has 0 bridgehead atoms. The number of rotatable bonds is 2. The minimum atomic E-state index is 0.879. The molecule has 0 saturated heterocycles. The van der Waals surface area contributed by atoms with E-state index in [4.69, 9.17) is 0 Å². The van der Waals surface area contributed by atoms with Gasteiger partial charge in [0.05, 0.1) is 0 Å². The van der Waals surface area contributed by atoms with Crippen LogP contribution in [0.15, 0.2) is 16.6 Å². The van der Waals surface area contributed by atoms with Crippen molar-refractivity contribution in [1.82, 2.24) is 0 Å². The molecule has 1 heteroatoms. The molecule has 0 aromatic carbocycles. The molecule has 0 aliphatic heterocycles. The highest BCUT2D eigenvalue weighted by atomic mass is 14.7. The summed E-state index contributed by atoms with van der Waals surface area (Å²) in [5.41, 5.74) is 1.29. The molecule has 0 fully saturated rings. The second-order valence-corrected chi connectivity index (χ2v) is 1.89. The first-order chi connectivity index (χ1) is 3.77. The first-order valence-electron chi connectivity index (χ1n) is 2.90. The Kier molecular flexibility index (Phi) is 4.23. The molecule has 0 heterocycles. The van der Waals surface area contributed by atoms with Gasteiger partial charge in [0, 0.05) is 12.8 Å². The number of hydrogen-bond acceptors (Lipinski definition) is 1. The fourth-order valence-corrected chi connectivity index (χ4v) is 0.307. The van der Waals surface area contributed by atoms with Crippen molar-refractivity contribution in [2.45, 2.75) is 20.8 Å². The molecule has 0 rings (SSSR count). The normalized spacial score (nSPS) is 9.88. The number of allylic oxidation sites excluding steroid dienone is 2. The predicted octanol–water partition coefficient (Wildman–Crippen LogP) is 2.04. The van der Waals surface area contributed by atoms with Gasteiger partial charge in [0.2, 0.25) is 0 Å².